The van der Waals surface area contributed by atoms with Crippen LogP contribution in [0.3, 0.4) is 0 Å². The molecule has 2 aromatic heterocycles. The van der Waals surface area contributed by atoms with E-state index in [2.05, 4.69) is 15.0 Å². The van der Waals surface area contributed by atoms with E-state index < -0.39 is 11.8 Å². The molecule has 0 bridgehead atoms. The molecule has 6 nitrogen and oxygen atoms in total. The molecule has 5 rings (SSSR count). The Hall–Kier alpha value is -1.77. The van der Waals surface area contributed by atoms with Gasteiger partial charge < -0.3 is 15.4 Å². The van der Waals surface area contributed by atoms with E-state index in [0.29, 0.717) is 28.5 Å². The van der Waals surface area contributed by atoms with Crippen LogP contribution in [0.15, 0.2) is 18.3 Å². The lowest BCUT2D eigenvalue weighted by Crippen LogP contribution is -2.28. The van der Waals surface area contributed by atoms with E-state index in [1.807, 2.05) is 6.07 Å². The summed E-state index contributed by atoms with van der Waals surface area (Å²) in [6, 6.07) is 3.75. The van der Waals surface area contributed by atoms with Gasteiger partial charge >= 0.3 is 0 Å². The smallest absolute Gasteiger partial charge is 0.253 e. The van der Waals surface area contributed by atoms with E-state index >= 15 is 0 Å². The van der Waals surface area contributed by atoms with Crippen molar-refractivity contribution >= 4 is 17.4 Å². The van der Waals surface area contributed by atoms with Crippen molar-refractivity contribution in [2.45, 2.75) is 24.8 Å². The van der Waals surface area contributed by atoms with E-state index in [9.17, 15) is 8.78 Å². The number of nitrogens with two attached hydrogens (primary N) is 1. The number of aromatic nitrogens is 3. The van der Waals surface area contributed by atoms with Gasteiger partial charge in [-0.1, -0.05) is 11.6 Å². The Labute approximate surface area is 173 Å². The zero-order chi connectivity index (χ0) is 20.3. The van der Waals surface area contributed by atoms with Crippen LogP contribution in [-0.2, 0) is 11.3 Å². The third-order valence-electron chi connectivity index (χ3n) is 6.55. The molecule has 29 heavy (non-hydrogen) atoms. The van der Waals surface area contributed by atoms with Crippen LogP contribution in [-0.4, -0.2) is 58.9 Å². The third-order valence-corrected chi connectivity index (χ3v) is 6.85. The van der Waals surface area contributed by atoms with Crippen molar-refractivity contribution in [3.8, 4) is 11.3 Å². The number of nitrogen functional groups attached to an aromatic ring is 1. The average Bonchev–Trinajstić information content (AvgIpc) is 3.33. The molecule has 2 aromatic rings. The minimum absolute atomic E-state index is 0.0563. The van der Waals surface area contributed by atoms with Crippen LogP contribution in [0.4, 0.5) is 14.6 Å². The van der Waals surface area contributed by atoms with Gasteiger partial charge in [0.2, 0.25) is 0 Å². The highest BCUT2D eigenvalue weighted by atomic mass is 35.5. The highest BCUT2D eigenvalue weighted by Gasteiger charge is 2.59. The van der Waals surface area contributed by atoms with Gasteiger partial charge in [-0.2, -0.15) is 5.10 Å². The van der Waals surface area contributed by atoms with Gasteiger partial charge in [-0.3, -0.25) is 4.68 Å². The molecular weight excluding hydrogens is 400 g/mol. The number of fused-ring (bicyclic) bond motifs is 1. The van der Waals surface area contributed by atoms with Crippen LogP contribution >= 0.6 is 11.6 Å². The SMILES string of the molecule is COCCN1C[C@@H]2[C@H](C1)[C@@H]2c1cc(-c2cnc(N)c(Cl)c2)nn1CC1CC1(F)F. The van der Waals surface area contributed by atoms with Gasteiger partial charge in [-0.25, -0.2) is 13.8 Å². The minimum Gasteiger partial charge on any atom is -0.383 e. The summed E-state index contributed by atoms with van der Waals surface area (Å²) in [5.74, 6) is -1.43. The number of hydrogen-bond donors (Lipinski definition) is 1. The first-order valence-corrected chi connectivity index (χ1v) is 10.3. The highest BCUT2D eigenvalue weighted by molar-refractivity contribution is 6.33. The van der Waals surface area contributed by atoms with Gasteiger partial charge in [0.1, 0.15) is 5.82 Å². The molecule has 2 N–H and O–H groups in total. The van der Waals surface area contributed by atoms with Crippen LogP contribution in [0.5, 0.6) is 0 Å². The van der Waals surface area contributed by atoms with E-state index in [0.717, 1.165) is 37.5 Å². The number of methoxy groups -OCH3 is 1. The number of rotatable bonds is 7. The molecule has 156 valence electrons. The maximum absolute atomic E-state index is 13.6. The molecule has 0 spiro atoms. The Morgan fingerprint density at radius 2 is 2.03 bits per heavy atom. The fourth-order valence-electron chi connectivity index (χ4n) is 4.71. The van der Waals surface area contributed by atoms with Gasteiger partial charge in [-0.05, 0) is 24.0 Å². The molecule has 1 saturated heterocycles. The minimum atomic E-state index is -2.56. The number of likely N-dealkylation sites (tertiary alicyclic amines) is 1. The summed E-state index contributed by atoms with van der Waals surface area (Å²) >= 11 is 6.12. The molecule has 1 unspecified atom stereocenters. The molecular formula is C20H24ClF2N5O. The predicted molar refractivity (Wildman–Crippen MR) is 106 cm³/mol. The summed E-state index contributed by atoms with van der Waals surface area (Å²) in [4.78, 5) is 6.52. The molecule has 4 atom stereocenters. The van der Waals surface area contributed by atoms with Crippen molar-refractivity contribution in [3.63, 3.8) is 0 Å². The van der Waals surface area contributed by atoms with Gasteiger partial charge in [0, 0.05) is 62.5 Å². The monoisotopic (exact) mass is 423 g/mol. The van der Waals surface area contributed by atoms with Crippen molar-refractivity contribution in [2.24, 2.45) is 17.8 Å². The Kier molecular flexibility index (Phi) is 4.56. The Balaban J connectivity index is 1.39. The Morgan fingerprint density at radius 1 is 1.31 bits per heavy atom. The number of nitrogens with zero attached hydrogens (tertiary/aromatic N) is 4. The summed E-state index contributed by atoms with van der Waals surface area (Å²) < 4.78 is 34.1. The van der Waals surface area contributed by atoms with E-state index in [4.69, 9.17) is 22.1 Å². The fraction of sp³-hybridized carbons (Fsp3) is 0.600. The number of ether oxygens (including phenoxy) is 1. The quantitative estimate of drug-likeness (QED) is 0.741. The van der Waals surface area contributed by atoms with Crippen molar-refractivity contribution in [1.82, 2.24) is 19.7 Å². The van der Waals surface area contributed by atoms with Crippen LogP contribution < -0.4 is 5.73 Å². The highest BCUT2D eigenvalue weighted by Crippen LogP contribution is 2.59. The molecule has 0 aromatic carbocycles. The summed E-state index contributed by atoms with van der Waals surface area (Å²) in [7, 11) is 1.71. The second-order valence-corrected chi connectivity index (χ2v) is 8.90. The first-order chi connectivity index (χ1) is 13.9. The molecule has 1 aliphatic heterocycles. The van der Waals surface area contributed by atoms with Crippen LogP contribution in [0.1, 0.15) is 18.0 Å². The largest absolute Gasteiger partial charge is 0.383 e. The first kappa shape index (κ1) is 19.2. The Bertz CT molecular complexity index is 924. The van der Waals surface area contributed by atoms with Gasteiger partial charge in [0.25, 0.3) is 5.92 Å². The van der Waals surface area contributed by atoms with E-state index in [1.165, 1.54) is 0 Å². The second-order valence-electron chi connectivity index (χ2n) is 8.50. The Morgan fingerprint density at radius 3 is 2.66 bits per heavy atom. The summed E-state index contributed by atoms with van der Waals surface area (Å²) in [5, 5.41) is 5.03. The van der Waals surface area contributed by atoms with Gasteiger partial charge in [0.15, 0.2) is 0 Å². The van der Waals surface area contributed by atoms with Crippen LogP contribution in [0.25, 0.3) is 11.3 Å². The lowest BCUT2D eigenvalue weighted by atomic mass is 10.1. The summed E-state index contributed by atoms with van der Waals surface area (Å²) in [6.45, 7) is 3.96. The lowest BCUT2D eigenvalue weighted by molar-refractivity contribution is 0.0939. The molecule has 2 saturated carbocycles. The summed E-state index contributed by atoms with van der Waals surface area (Å²) in [5.41, 5.74) is 8.22. The number of hydrogen-bond acceptors (Lipinski definition) is 5. The van der Waals surface area contributed by atoms with Crippen molar-refractivity contribution < 1.29 is 13.5 Å². The molecule has 2 aliphatic carbocycles. The number of piperidine rings is 1. The zero-order valence-electron chi connectivity index (χ0n) is 16.2. The molecule has 0 amide bonds. The maximum atomic E-state index is 13.6. The predicted octanol–water partition coefficient (Wildman–Crippen LogP) is 3.13. The molecule has 3 fully saturated rings. The number of pyridine rings is 1. The lowest BCUT2D eigenvalue weighted by Gasteiger charge is -2.19. The topological polar surface area (TPSA) is 69.2 Å². The number of alkyl halides is 2. The zero-order valence-corrected chi connectivity index (χ0v) is 16.9. The van der Waals surface area contributed by atoms with Gasteiger partial charge in [-0.15, -0.1) is 0 Å². The molecule has 0 radical (unpaired) electrons. The van der Waals surface area contributed by atoms with Crippen molar-refractivity contribution in [1.29, 1.82) is 0 Å². The maximum Gasteiger partial charge on any atom is 0.253 e. The normalized spacial score (nSPS) is 29.8. The van der Waals surface area contributed by atoms with E-state index in [1.54, 1.807) is 24.1 Å². The number of anilines is 1. The third kappa shape index (κ3) is 3.51. The second kappa shape index (κ2) is 6.89. The van der Waals surface area contributed by atoms with Crippen LogP contribution in [0, 0.1) is 17.8 Å². The summed E-state index contributed by atoms with van der Waals surface area (Å²) in [6.07, 6.45) is 1.57. The molecule has 3 aliphatic rings. The van der Waals surface area contributed by atoms with Gasteiger partial charge in [0.05, 0.1) is 23.9 Å². The molecule has 9 heteroatoms. The van der Waals surface area contributed by atoms with Crippen LogP contribution in [0.2, 0.25) is 5.02 Å². The van der Waals surface area contributed by atoms with Crippen molar-refractivity contribution in [2.75, 3.05) is 39.1 Å². The first-order valence-electron chi connectivity index (χ1n) is 9.95. The van der Waals surface area contributed by atoms with E-state index in [-0.39, 0.29) is 18.8 Å². The molecule has 3 heterocycles. The van der Waals surface area contributed by atoms with Crippen molar-refractivity contribution in [3.05, 3.63) is 29.0 Å². The average molecular weight is 424 g/mol. The standard InChI is InChI=1S/C20H24ClF2N5O/c1-29-3-2-27-9-13-14(10-27)18(13)17-5-16(11-4-15(21)19(24)25-7-11)26-28(17)8-12-6-20(12,22)23/h4-5,7,12-14,18H,2-3,6,8-10H2,1H3,(H2,24,25)/t12?,13-,14+,18-. The fourth-order valence-corrected chi connectivity index (χ4v) is 4.87. The number of halogens is 3.